The van der Waals surface area contributed by atoms with Crippen molar-refractivity contribution in [3.63, 3.8) is 0 Å². The molecule has 2 aliphatic rings. The van der Waals surface area contributed by atoms with Gasteiger partial charge in [-0.25, -0.2) is 15.0 Å². The Morgan fingerprint density at radius 3 is 2.93 bits per heavy atom. The van der Waals surface area contributed by atoms with E-state index in [1.807, 2.05) is 6.07 Å². The van der Waals surface area contributed by atoms with Crippen molar-refractivity contribution in [2.24, 2.45) is 0 Å². The molecule has 4 rings (SSSR count). The lowest BCUT2D eigenvalue weighted by Gasteiger charge is -2.35. The van der Waals surface area contributed by atoms with Gasteiger partial charge < -0.3 is 24.8 Å². The van der Waals surface area contributed by atoms with Crippen LogP contribution in [0.4, 0.5) is 11.6 Å². The molecule has 8 nitrogen and oxygen atoms in total. The molecule has 2 aromatic rings. The van der Waals surface area contributed by atoms with Crippen molar-refractivity contribution < 1.29 is 14.2 Å². The molecule has 1 fully saturated rings. The number of hydrogen-bond acceptors (Lipinski definition) is 8. The third-order valence-corrected chi connectivity index (χ3v) is 5.49. The Labute approximate surface area is 165 Å². The van der Waals surface area contributed by atoms with Gasteiger partial charge in [0.15, 0.2) is 5.82 Å². The minimum absolute atomic E-state index is 0.232. The van der Waals surface area contributed by atoms with Gasteiger partial charge in [-0.2, -0.15) is 0 Å². The first-order chi connectivity index (χ1) is 13.5. The number of methoxy groups -OCH3 is 1. The molecule has 2 aliphatic heterocycles. The highest BCUT2D eigenvalue weighted by molar-refractivity contribution is 5.62. The zero-order valence-corrected chi connectivity index (χ0v) is 16.6. The maximum Gasteiger partial charge on any atom is 0.163 e. The van der Waals surface area contributed by atoms with Gasteiger partial charge in [0.1, 0.15) is 17.2 Å². The van der Waals surface area contributed by atoms with E-state index in [-0.39, 0.29) is 6.04 Å². The zero-order chi connectivity index (χ0) is 19.7. The summed E-state index contributed by atoms with van der Waals surface area (Å²) in [5.41, 5.74) is 8.06. The van der Waals surface area contributed by atoms with E-state index in [1.54, 1.807) is 19.4 Å². The van der Waals surface area contributed by atoms with E-state index in [1.165, 1.54) is 0 Å². The van der Waals surface area contributed by atoms with Crippen molar-refractivity contribution in [1.82, 2.24) is 15.0 Å². The summed E-state index contributed by atoms with van der Waals surface area (Å²) in [6.07, 6.45) is 2.44. The molecule has 0 amide bonds. The van der Waals surface area contributed by atoms with Gasteiger partial charge in [-0.05, 0) is 26.0 Å². The Balaban J connectivity index is 1.83. The number of nitrogen functional groups attached to an aromatic ring is 1. The first-order valence-electron chi connectivity index (χ1n) is 9.62. The van der Waals surface area contributed by atoms with Crippen LogP contribution < -0.4 is 10.6 Å². The van der Waals surface area contributed by atoms with Gasteiger partial charge in [-0.1, -0.05) is 0 Å². The average Bonchev–Trinajstić information content (AvgIpc) is 3.04. The molecule has 0 radical (unpaired) electrons. The molecular formula is C20H27N5O3. The van der Waals surface area contributed by atoms with Crippen LogP contribution in [0.1, 0.15) is 31.5 Å². The first-order valence-corrected chi connectivity index (χ1v) is 9.62. The molecule has 8 heteroatoms. The third kappa shape index (κ3) is 3.43. The number of morpholine rings is 1. The van der Waals surface area contributed by atoms with Crippen LogP contribution in [0.25, 0.3) is 11.4 Å². The topological polar surface area (TPSA) is 95.6 Å². The second-order valence-electron chi connectivity index (χ2n) is 7.55. The van der Waals surface area contributed by atoms with Crippen molar-refractivity contribution in [2.75, 3.05) is 44.1 Å². The van der Waals surface area contributed by atoms with Crippen LogP contribution in [0.3, 0.4) is 0 Å². The molecule has 1 saturated heterocycles. The van der Waals surface area contributed by atoms with Crippen LogP contribution in [0.15, 0.2) is 18.3 Å². The van der Waals surface area contributed by atoms with Gasteiger partial charge in [-0.15, -0.1) is 0 Å². The predicted octanol–water partition coefficient (Wildman–Crippen LogP) is 2.13. The van der Waals surface area contributed by atoms with Crippen LogP contribution in [0.5, 0.6) is 0 Å². The van der Waals surface area contributed by atoms with Crippen LogP contribution in [-0.4, -0.2) is 54.5 Å². The maximum absolute atomic E-state index is 6.21. The van der Waals surface area contributed by atoms with Gasteiger partial charge in [0, 0.05) is 44.0 Å². The van der Waals surface area contributed by atoms with Gasteiger partial charge in [0.2, 0.25) is 0 Å². The Morgan fingerprint density at radius 1 is 1.36 bits per heavy atom. The molecule has 0 spiro atoms. The monoisotopic (exact) mass is 385 g/mol. The minimum atomic E-state index is -0.505. The normalized spacial score (nSPS) is 24.4. The summed E-state index contributed by atoms with van der Waals surface area (Å²) in [6.45, 7) is 7.47. The summed E-state index contributed by atoms with van der Waals surface area (Å²) in [6, 6.07) is 3.90. The van der Waals surface area contributed by atoms with Crippen LogP contribution in [0.2, 0.25) is 0 Å². The highest BCUT2D eigenvalue weighted by Crippen LogP contribution is 2.42. The molecule has 4 heterocycles. The smallest absolute Gasteiger partial charge is 0.163 e. The van der Waals surface area contributed by atoms with Gasteiger partial charge in [0.25, 0.3) is 0 Å². The molecule has 0 saturated carbocycles. The van der Waals surface area contributed by atoms with E-state index in [4.69, 9.17) is 29.9 Å². The van der Waals surface area contributed by atoms with Crippen molar-refractivity contribution in [1.29, 1.82) is 0 Å². The SMILES string of the molecule is COCCC1(C)OCc2c(N3CCOCC3C)nc(-c3ccc(N)nc3)nc21. The minimum Gasteiger partial charge on any atom is -0.385 e. The van der Waals surface area contributed by atoms with E-state index in [2.05, 4.69) is 23.7 Å². The van der Waals surface area contributed by atoms with E-state index in [9.17, 15) is 0 Å². The molecule has 0 aliphatic carbocycles. The van der Waals surface area contributed by atoms with Gasteiger partial charge in [0.05, 0.1) is 31.6 Å². The van der Waals surface area contributed by atoms with Gasteiger partial charge >= 0.3 is 0 Å². The number of ether oxygens (including phenoxy) is 3. The lowest BCUT2D eigenvalue weighted by Crippen LogP contribution is -2.44. The molecule has 2 N–H and O–H groups in total. The summed E-state index contributed by atoms with van der Waals surface area (Å²) in [7, 11) is 1.70. The third-order valence-electron chi connectivity index (χ3n) is 5.49. The summed E-state index contributed by atoms with van der Waals surface area (Å²) in [5, 5.41) is 0. The lowest BCUT2D eigenvalue weighted by molar-refractivity contribution is -0.0448. The molecule has 2 aromatic heterocycles. The van der Waals surface area contributed by atoms with E-state index >= 15 is 0 Å². The Morgan fingerprint density at radius 2 is 2.21 bits per heavy atom. The number of nitrogens with two attached hydrogens (primary N) is 1. The van der Waals surface area contributed by atoms with Gasteiger partial charge in [-0.3, -0.25) is 0 Å². The highest BCUT2D eigenvalue weighted by atomic mass is 16.5. The largest absolute Gasteiger partial charge is 0.385 e. The fraction of sp³-hybridized carbons (Fsp3) is 0.550. The van der Waals surface area contributed by atoms with Crippen molar-refractivity contribution in [3.05, 3.63) is 29.6 Å². The quantitative estimate of drug-likeness (QED) is 0.836. The number of hydrogen-bond donors (Lipinski definition) is 1. The summed E-state index contributed by atoms with van der Waals surface area (Å²) >= 11 is 0. The highest BCUT2D eigenvalue weighted by Gasteiger charge is 2.41. The average molecular weight is 385 g/mol. The molecule has 0 aromatic carbocycles. The van der Waals surface area contributed by atoms with Crippen LogP contribution >= 0.6 is 0 Å². The van der Waals surface area contributed by atoms with E-state index < -0.39 is 5.60 Å². The number of nitrogens with zero attached hydrogens (tertiary/aromatic N) is 4. The van der Waals surface area contributed by atoms with Crippen molar-refractivity contribution >= 4 is 11.6 Å². The van der Waals surface area contributed by atoms with Crippen molar-refractivity contribution in [3.8, 4) is 11.4 Å². The van der Waals surface area contributed by atoms with Crippen LogP contribution in [0, 0.1) is 0 Å². The standard InChI is InChI=1S/C20H27N5O3/c1-13-11-27-9-7-25(13)19-15-12-28-20(2,6-8-26-3)17(15)23-18(24-19)14-4-5-16(21)22-10-14/h4-5,10,13H,6-9,11-12H2,1-3H3,(H2,21,22). The summed E-state index contributed by atoms with van der Waals surface area (Å²) in [4.78, 5) is 16.3. The number of anilines is 2. The second-order valence-corrected chi connectivity index (χ2v) is 7.55. The zero-order valence-electron chi connectivity index (χ0n) is 16.6. The molecule has 150 valence electrons. The van der Waals surface area contributed by atoms with E-state index in [0.29, 0.717) is 38.1 Å². The maximum atomic E-state index is 6.21. The Kier molecular flexibility index (Phi) is 5.18. The molecule has 2 unspecified atom stereocenters. The number of fused-ring (bicyclic) bond motifs is 1. The molecular weight excluding hydrogens is 358 g/mol. The fourth-order valence-corrected chi connectivity index (χ4v) is 3.78. The molecule has 0 bridgehead atoms. The second kappa shape index (κ2) is 7.62. The number of rotatable bonds is 5. The number of aromatic nitrogens is 3. The Hall–Kier alpha value is -2.29. The molecule has 2 atom stereocenters. The van der Waals surface area contributed by atoms with E-state index in [0.717, 1.165) is 35.6 Å². The first kappa shape index (κ1) is 19.0. The molecule has 28 heavy (non-hydrogen) atoms. The number of pyridine rings is 1. The van der Waals surface area contributed by atoms with Crippen molar-refractivity contribution in [2.45, 2.75) is 38.5 Å². The Bertz CT molecular complexity index is 844. The fourth-order valence-electron chi connectivity index (χ4n) is 3.78. The lowest BCUT2D eigenvalue weighted by atomic mass is 9.96. The summed E-state index contributed by atoms with van der Waals surface area (Å²) < 4.78 is 17.1. The van der Waals surface area contributed by atoms with Crippen LogP contribution in [-0.2, 0) is 26.4 Å². The summed E-state index contributed by atoms with van der Waals surface area (Å²) in [5.74, 6) is 2.03. The predicted molar refractivity (Wildman–Crippen MR) is 106 cm³/mol.